The summed E-state index contributed by atoms with van der Waals surface area (Å²) in [7, 11) is 0. The number of amides is 2. The van der Waals surface area contributed by atoms with Gasteiger partial charge in [-0.3, -0.25) is 9.59 Å². The molecule has 0 aliphatic carbocycles. The second-order valence-electron chi connectivity index (χ2n) is 9.01. The van der Waals surface area contributed by atoms with E-state index in [9.17, 15) is 14.7 Å². The lowest BCUT2D eigenvalue weighted by Crippen LogP contribution is -2.40. The molecule has 2 heterocycles. The highest BCUT2D eigenvalue weighted by atomic mass is 16.5. The molecule has 1 unspecified atom stereocenters. The molecule has 2 aromatic rings. The van der Waals surface area contributed by atoms with E-state index in [1.54, 1.807) is 0 Å². The lowest BCUT2D eigenvalue weighted by molar-refractivity contribution is -0.120. The normalized spacial score (nSPS) is 19.1. The fourth-order valence-corrected chi connectivity index (χ4v) is 4.62. The SMILES string of the molecule is CCOc1ccc(C2=C(N3CCCC(CO)C3)C(=O)N(c3ccc(C(C)C)cc3)C2=O)cc1. The molecular formula is C27H32N2O4. The quantitative estimate of drug-likeness (QED) is 0.643. The Labute approximate surface area is 195 Å². The van der Waals surface area contributed by atoms with Crippen molar-refractivity contribution in [1.82, 2.24) is 4.90 Å². The molecule has 4 rings (SSSR count). The maximum atomic E-state index is 13.7. The first kappa shape index (κ1) is 23.1. The van der Waals surface area contributed by atoms with Crippen LogP contribution < -0.4 is 9.64 Å². The monoisotopic (exact) mass is 448 g/mol. The van der Waals surface area contributed by atoms with Crippen molar-refractivity contribution in [2.45, 2.75) is 39.5 Å². The minimum absolute atomic E-state index is 0.0741. The predicted octanol–water partition coefficient (Wildman–Crippen LogP) is 4.20. The van der Waals surface area contributed by atoms with E-state index in [1.165, 1.54) is 4.90 Å². The van der Waals surface area contributed by atoms with Crippen molar-refractivity contribution in [3.63, 3.8) is 0 Å². The van der Waals surface area contributed by atoms with E-state index < -0.39 is 0 Å². The molecule has 6 heteroatoms. The third-order valence-electron chi connectivity index (χ3n) is 6.42. The summed E-state index contributed by atoms with van der Waals surface area (Å²) in [5.74, 6) is 0.554. The van der Waals surface area contributed by atoms with Crippen molar-refractivity contribution >= 4 is 23.1 Å². The van der Waals surface area contributed by atoms with E-state index in [0.29, 0.717) is 48.1 Å². The third kappa shape index (κ3) is 4.53. The van der Waals surface area contributed by atoms with Gasteiger partial charge in [0, 0.05) is 19.7 Å². The fourth-order valence-electron chi connectivity index (χ4n) is 4.62. The van der Waals surface area contributed by atoms with E-state index >= 15 is 0 Å². The minimum Gasteiger partial charge on any atom is -0.494 e. The topological polar surface area (TPSA) is 70.1 Å². The fraction of sp³-hybridized carbons (Fsp3) is 0.407. The zero-order valence-corrected chi connectivity index (χ0v) is 19.6. The van der Waals surface area contributed by atoms with Crippen LogP contribution in [0.2, 0.25) is 0 Å². The molecular weight excluding hydrogens is 416 g/mol. The maximum Gasteiger partial charge on any atom is 0.282 e. The van der Waals surface area contributed by atoms with Crippen LogP contribution in [0.25, 0.3) is 5.57 Å². The van der Waals surface area contributed by atoms with Gasteiger partial charge in [0.25, 0.3) is 11.8 Å². The zero-order valence-electron chi connectivity index (χ0n) is 19.6. The molecule has 0 aromatic heterocycles. The summed E-state index contributed by atoms with van der Waals surface area (Å²) in [6.07, 6.45) is 1.79. The molecule has 1 atom stereocenters. The molecule has 2 aromatic carbocycles. The van der Waals surface area contributed by atoms with Gasteiger partial charge >= 0.3 is 0 Å². The van der Waals surface area contributed by atoms with E-state index in [1.807, 2.05) is 60.4 Å². The summed E-state index contributed by atoms with van der Waals surface area (Å²) >= 11 is 0. The molecule has 1 N–H and O–H groups in total. The number of piperidine rings is 1. The Morgan fingerprint density at radius 2 is 1.73 bits per heavy atom. The number of likely N-dealkylation sites (tertiary alicyclic amines) is 1. The first-order valence-electron chi connectivity index (χ1n) is 11.8. The van der Waals surface area contributed by atoms with Gasteiger partial charge < -0.3 is 14.7 Å². The smallest absolute Gasteiger partial charge is 0.282 e. The molecule has 0 spiro atoms. The lowest BCUT2D eigenvalue weighted by Gasteiger charge is -2.34. The van der Waals surface area contributed by atoms with Crippen molar-refractivity contribution in [2.24, 2.45) is 5.92 Å². The molecule has 2 aliphatic heterocycles. The number of carbonyl (C=O) groups is 2. The predicted molar refractivity (Wildman–Crippen MR) is 129 cm³/mol. The van der Waals surface area contributed by atoms with Gasteiger partial charge in [-0.25, -0.2) is 4.90 Å². The molecule has 174 valence electrons. The highest BCUT2D eigenvalue weighted by Gasteiger charge is 2.43. The molecule has 33 heavy (non-hydrogen) atoms. The van der Waals surface area contributed by atoms with Crippen LogP contribution >= 0.6 is 0 Å². The highest BCUT2D eigenvalue weighted by molar-refractivity contribution is 6.45. The van der Waals surface area contributed by atoms with Gasteiger partial charge in [0.1, 0.15) is 11.4 Å². The number of nitrogens with zero attached hydrogens (tertiary/aromatic N) is 2. The number of aliphatic hydroxyl groups is 1. The van der Waals surface area contributed by atoms with Gasteiger partial charge in [0.2, 0.25) is 0 Å². The second-order valence-corrected chi connectivity index (χ2v) is 9.01. The van der Waals surface area contributed by atoms with Gasteiger partial charge in [0.15, 0.2) is 0 Å². The number of aliphatic hydroxyl groups excluding tert-OH is 1. The summed E-state index contributed by atoms with van der Waals surface area (Å²) in [6.45, 7) is 8.02. The molecule has 0 saturated carbocycles. The Morgan fingerprint density at radius 3 is 2.33 bits per heavy atom. The Hall–Kier alpha value is -3.12. The average molecular weight is 449 g/mol. The summed E-state index contributed by atoms with van der Waals surface area (Å²) in [5, 5.41) is 9.72. The largest absolute Gasteiger partial charge is 0.494 e. The summed E-state index contributed by atoms with van der Waals surface area (Å²) in [6, 6.07) is 15.0. The number of carbonyl (C=O) groups excluding carboxylic acids is 2. The van der Waals surface area contributed by atoms with Crippen LogP contribution in [-0.4, -0.2) is 48.1 Å². The maximum absolute atomic E-state index is 13.7. The van der Waals surface area contributed by atoms with Gasteiger partial charge in [0.05, 0.1) is 17.9 Å². The third-order valence-corrected chi connectivity index (χ3v) is 6.42. The number of imide groups is 1. The molecule has 0 radical (unpaired) electrons. The van der Waals surface area contributed by atoms with Crippen LogP contribution in [0.15, 0.2) is 54.2 Å². The van der Waals surface area contributed by atoms with Crippen LogP contribution in [0, 0.1) is 5.92 Å². The first-order chi connectivity index (χ1) is 15.9. The van der Waals surface area contributed by atoms with Crippen LogP contribution in [0.4, 0.5) is 5.69 Å². The van der Waals surface area contributed by atoms with Crippen LogP contribution in [0.1, 0.15) is 50.7 Å². The van der Waals surface area contributed by atoms with Gasteiger partial charge in [-0.05, 0) is 67.0 Å². The highest BCUT2D eigenvalue weighted by Crippen LogP contribution is 2.37. The number of hydrogen-bond acceptors (Lipinski definition) is 5. The summed E-state index contributed by atoms with van der Waals surface area (Å²) in [4.78, 5) is 30.7. The van der Waals surface area contributed by atoms with Crippen molar-refractivity contribution in [2.75, 3.05) is 31.2 Å². The molecule has 2 amide bonds. The number of rotatable bonds is 7. The molecule has 0 bridgehead atoms. The number of hydrogen-bond donors (Lipinski definition) is 1. The Balaban J connectivity index is 1.75. The number of anilines is 1. The molecule has 1 saturated heterocycles. The minimum atomic E-state index is -0.317. The van der Waals surface area contributed by atoms with E-state index in [2.05, 4.69) is 13.8 Å². The van der Waals surface area contributed by atoms with Crippen molar-refractivity contribution in [3.8, 4) is 5.75 Å². The molecule has 6 nitrogen and oxygen atoms in total. The van der Waals surface area contributed by atoms with Gasteiger partial charge in [-0.2, -0.15) is 0 Å². The molecule has 2 aliphatic rings. The Morgan fingerprint density at radius 1 is 1.03 bits per heavy atom. The van der Waals surface area contributed by atoms with E-state index in [-0.39, 0.29) is 24.3 Å². The van der Waals surface area contributed by atoms with Crippen LogP contribution in [0.3, 0.4) is 0 Å². The van der Waals surface area contributed by atoms with E-state index in [0.717, 1.165) is 24.2 Å². The number of ether oxygens (including phenoxy) is 1. The van der Waals surface area contributed by atoms with Gasteiger partial charge in [-0.15, -0.1) is 0 Å². The Bertz CT molecular complexity index is 1040. The van der Waals surface area contributed by atoms with Crippen molar-refractivity contribution < 1.29 is 19.4 Å². The lowest BCUT2D eigenvalue weighted by atomic mass is 9.97. The standard InChI is InChI=1S/C27H32N2O4/c1-4-33-23-13-9-21(10-14-23)24-25(28-15-5-6-19(16-28)17-30)27(32)29(26(24)31)22-11-7-20(8-12-22)18(2)3/h7-14,18-19,30H,4-6,15-17H2,1-3H3. The van der Waals surface area contributed by atoms with Crippen molar-refractivity contribution in [1.29, 1.82) is 0 Å². The van der Waals surface area contributed by atoms with Gasteiger partial charge in [-0.1, -0.05) is 38.1 Å². The Kier molecular flexibility index (Phi) is 6.84. The average Bonchev–Trinajstić information content (AvgIpc) is 3.09. The first-order valence-corrected chi connectivity index (χ1v) is 11.8. The summed E-state index contributed by atoms with van der Waals surface area (Å²) < 4.78 is 5.55. The van der Waals surface area contributed by atoms with Crippen molar-refractivity contribution in [3.05, 3.63) is 65.4 Å². The number of benzene rings is 2. The van der Waals surface area contributed by atoms with Crippen LogP contribution in [0.5, 0.6) is 5.75 Å². The van der Waals surface area contributed by atoms with Crippen LogP contribution in [-0.2, 0) is 9.59 Å². The molecule has 1 fully saturated rings. The zero-order chi connectivity index (χ0) is 23.5. The van der Waals surface area contributed by atoms with E-state index in [4.69, 9.17) is 4.74 Å². The summed E-state index contributed by atoms with van der Waals surface area (Å²) in [5.41, 5.74) is 3.26. The second kappa shape index (κ2) is 9.79.